The van der Waals surface area contributed by atoms with Crippen LogP contribution in [0.5, 0.6) is 5.75 Å². The summed E-state index contributed by atoms with van der Waals surface area (Å²) in [4.78, 5) is 13.5. The molecule has 0 amide bonds. The molecule has 2 aromatic heterocycles. The molecule has 1 aromatic carbocycles. The Kier molecular flexibility index (Phi) is 4.36. The SMILES string of the molecule is CC(C)COc1cccc(C2(c3ccncc3)N=C(N)c3ncccc32)c1. The number of pyridine rings is 2. The number of hydrogen-bond donors (Lipinski definition) is 1. The van der Waals surface area contributed by atoms with Crippen LogP contribution in [0, 0.1) is 5.92 Å². The molecule has 5 nitrogen and oxygen atoms in total. The lowest BCUT2D eigenvalue weighted by Gasteiger charge is -2.29. The lowest BCUT2D eigenvalue weighted by atomic mass is 9.79. The summed E-state index contributed by atoms with van der Waals surface area (Å²) in [5.74, 6) is 1.71. The zero-order valence-electron chi connectivity index (χ0n) is 15.5. The molecule has 0 saturated carbocycles. The van der Waals surface area contributed by atoms with E-state index >= 15 is 0 Å². The molecule has 1 unspecified atom stereocenters. The molecule has 3 aromatic rings. The van der Waals surface area contributed by atoms with E-state index in [1.165, 1.54) is 0 Å². The second kappa shape index (κ2) is 6.83. The average Bonchev–Trinajstić information content (AvgIpc) is 3.01. The molecule has 0 aliphatic carbocycles. The third kappa shape index (κ3) is 2.95. The lowest BCUT2D eigenvalue weighted by Crippen LogP contribution is -2.25. The van der Waals surface area contributed by atoms with Crippen molar-refractivity contribution in [3.8, 4) is 5.75 Å². The second-order valence-corrected chi connectivity index (χ2v) is 7.08. The van der Waals surface area contributed by atoms with Crippen molar-refractivity contribution >= 4 is 5.84 Å². The third-order valence-electron chi connectivity index (χ3n) is 4.66. The number of fused-ring (bicyclic) bond motifs is 1. The summed E-state index contributed by atoms with van der Waals surface area (Å²) >= 11 is 0. The van der Waals surface area contributed by atoms with Crippen molar-refractivity contribution in [3.63, 3.8) is 0 Å². The summed E-state index contributed by atoms with van der Waals surface area (Å²) < 4.78 is 5.96. The van der Waals surface area contributed by atoms with Crippen LogP contribution >= 0.6 is 0 Å². The zero-order valence-corrected chi connectivity index (χ0v) is 15.5. The van der Waals surface area contributed by atoms with E-state index in [0.717, 1.165) is 28.1 Å². The van der Waals surface area contributed by atoms with Gasteiger partial charge in [-0.15, -0.1) is 0 Å². The maximum absolute atomic E-state index is 6.27. The number of hydrogen-bond acceptors (Lipinski definition) is 5. The highest BCUT2D eigenvalue weighted by atomic mass is 16.5. The molecule has 3 heterocycles. The highest BCUT2D eigenvalue weighted by molar-refractivity contribution is 6.01. The molecule has 4 rings (SSSR count). The quantitative estimate of drug-likeness (QED) is 0.757. The van der Waals surface area contributed by atoms with Gasteiger partial charge in [-0.3, -0.25) is 9.97 Å². The van der Waals surface area contributed by atoms with Crippen LogP contribution in [-0.2, 0) is 5.54 Å². The van der Waals surface area contributed by atoms with Gasteiger partial charge in [0.1, 0.15) is 22.8 Å². The second-order valence-electron chi connectivity index (χ2n) is 7.08. The molecule has 2 N–H and O–H groups in total. The van der Waals surface area contributed by atoms with Gasteiger partial charge < -0.3 is 10.5 Å². The van der Waals surface area contributed by atoms with Gasteiger partial charge in [-0.05, 0) is 47.4 Å². The topological polar surface area (TPSA) is 73.4 Å². The number of nitrogens with two attached hydrogens (primary N) is 1. The zero-order chi connectivity index (χ0) is 18.9. The van der Waals surface area contributed by atoms with Gasteiger partial charge >= 0.3 is 0 Å². The van der Waals surface area contributed by atoms with Crippen LogP contribution in [0.25, 0.3) is 0 Å². The summed E-state index contributed by atoms with van der Waals surface area (Å²) in [7, 11) is 0. The van der Waals surface area contributed by atoms with E-state index in [9.17, 15) is 0 Å². The first-order chi connectivity index (χ1) is 13.1. The third-order valence-corrected chi connectivity index (χ3v) is 4.66. The summed E-state index contributed by atoms with van der Waals surface area (Å²) in [6, 6.07) is 16.0. The van der Waals surface area contributed by atoms with Gasteiger partial charge in [0.2, 0.25) is 0 Å². The molecule has 27 heavy (non-hydrogen) atoms. The minimum absolute atomic E-state index is 0.441. The fourth-order valence-corrected chi connectivity index (χ4v) is 3.47. The van der Waals surface area contributed by atoms with Gasteiger partial charge in [0.25, 0.3) is 0 Å². The predicted octanol–water partition coefficient (Wildman–Crippen LogP) is 3.52. The van der Waals surface area contributed by atoms with Gasteiger partial charge in [-0.2, -0.15) is 0 Å². The Hall–Kier alpha value is -3.21. The Morgan fingerprint density at radius 2 is 1.81 bits per heavy atom. The highest BCUT2D eigenvalue weighted by Gasteiger charge is 2.43. The Bertz CT molecular complexity index is 984. The van der Waals surface area contributed by atoms with E-state index < -0.39 is 5.54 Å². The molecule has 1 aliphatic rings. The fraction of sp³-hybridized carbons (Fsp3) is 0.227. The smallest absolute Gasteiger partial charge is 0.146 e. The molecule has 5 heteroatoms. The number of amidine groups is 1. The Morgan fingerprint density at radius 1 is 1.00 bits per heavy atom. The fourth-order valence-electron chi connectivity index (χ4n) is 3.47. The Balaban J connectivity index is 1.91. The van der Waals surface area contributed by atoms with Crippen LogP contribution in [0.1, 0.15) is 36.2 Å². The summed E-state index contributed by atoms with van der Waals surface area (Å²) in [6.45, 7) is 4.92. The number of aliphatic imine (C=N–C) groups is 1. The first-order valence-electron chi connectivity index (χ1n) is 9.06. The molecule has 0 saturated heterocycles. The number of ether oxygens (including phenoxy) is 1. The monoisotopic (exact) mass is 358 g/mol. The van der Waals surface area contributed by atoms with Crippen LogP contribution in [0.4, 0.5) is 0 Å². The molecule has 0 spiro atoms. The summed E-state index contributed by atoms with van der Waals surface area (Å²) in [6.07, 6.45) is 5.29. The first-order valence-corrected chi connectivity index (χ1v) is 9.06. The molecule has 1 atom stereocenters. The van der Waals surface area contributed by atoms with Crippen molar-refractivity contribution in [1.29, 1.82) is 0 Å². The van der Waals surface area contributed by atoms with Crippen LogP contribution < -0.4 is 10.5 Å². The van der Waals surface area contributed by atoms with E-state index in [1.54, 1.807) is 18.6 Å². The van der Waals surface area contributed by atoms with Crippen molar-refractivity contribution in [3.05, 3.63) is 89.5 Å². The molecule has 0 fully saturated rings. The first kappa shape index (κ1) is 17.2. The van der Waals surface area contributed by atoms with Crippen LogP contribution in [-0.4, -0.2) is 22.4 Å². The number of rotatable bonds is 5. The Labute approximate surface area is 159 Å². The van der Waals surface area contributed by atoms with Gasteiger partial charge in [-0.1, -0.05) is 32.0 Å². The highest BCUT2D eigenvalue weighted by Crippen LogP contribution is 2.45. The van der Waals surface area contributed by atoms with E-state index in [4.69, 9.17) is 15.5 Å². The molecule has 1 aliphatic heterocycles. The molecule has 0 radical (unpaired) electrons. The maximum Gasteiger partial charge on any atom is 0.146 e. The summed E-state index contributed by atoms with van der Waals surface area (Å²) in [5, 5.41) is 0. The minimum Gasteiger partial charge on any atom is -0.493 e. The molecule has 0 bridgehead atoms. The number of aromatic nitrogens is 2. The van der Waals surface area contributed by atoms with E-state index in [1.807, 2.05) is 42.5 Å². The van der Waals surface area contributed by atoms with Crippen molar-refractivity contribution in [2.75, 3.05) is 6.61 Å². The van der Waals surface area contributed by atoms with Crippen molar-refractivity contribution in [2.45, 2.75) is 19.4 Å². The minimum atomic E-state index is -0.756. The van der Waals surface area contributed by atoms with E-state index in [2.05, 4.69) is 29.9 Å². The number of nitrogens with zero attached hydrogens (tertiary/aromatic N) is 3. The van der Waals surface area contributed by atoms with Crippen LogP contribution in [0.15, 0.2) is 72.1 Å². The standard InChI is InChI=1S/C22H22N4O/c1-15(2)14-27-18-6-3-5-17(13-18)22(16-8-11-24-12-9-16)19-7-4-10-25-20(19)21(23)26-22/h3-13,15H,14H2,1-2H3,(H2,23,26). The van der Waals surface area contributed by atoms with Gasteiger partial charge in [0.15, 0.2) is 0 Å². The normalized spacial score (nSPS) is 18.3. The molecular formula is C22H22N4O. The van der Waals surface area contributed by atoms with Crippen molar-refractivity contribution < 1.29 is 4.74 Å². The van der Waals surface area contributed by atoms with Gasteiger partial charge in [0.05, 0.1) is 6.61 Å². The Morgan fingerprint density at radius 3 is 2.59 bits per heavy atom. The average molecular weight is 358 g/mol. The molecular weight excluding hydrogens is 336 g/mol. The predicted molar refractivity (Wildman–Crippen MR) is 106 cm³/mol. The summed E-state index contributed by atoms with van der Waals surface area (Å²) in [5.41, 5.74) is 9.19. The van der Waals surface area contributed by atoms with Gasteiger partial charge in [0, 0.05) is 24.2 Å². The maximum atomic E-state index is 6.27. The van der Waals surface area contributed by atoms with Crippen LogP contribution in [0.2, 0.25) is 0 Å². The molecule has 136 valence electrons. The van der Waals surface area contributed by atoms with Crippen LogP contribution in [0.3, 0.4) is 0 Å². The van der Waals surface area contributed by atoms with E-state index in [-0.39, 0.29) is 0 Å². The van der Waals surface area contributed by atoms with Crippen molar-refractivity contribution in [1.82, 2.24) is 9.97 Å². The largest absolute Gasteiger partial charge is 0.493 e. The van der Waals surface area contributed by atoms with Gasteiger partial charge in [-0.25, -0.2) is 4.99 Å². The number of benzene rings is 1. The lowest BCUT2D eigenvalue weighted by molar-refractivity contribution is 0.270. The van der Waals surface area contributed by atoms with E-state index in [0.29, 0.717) is 18.4 Å². The van der Waals surface area contributed by atoms with Crippen molar-refractivity contribution in [2.24, 2.45) is 16.6 Å².